The van der Waals surface area contributed by atoms with Gasteiger partial charge in [-0.1, -0.05) is 6.07 Å². The van der Waals surface area contributed by atoms with Crippen LogP contribution < -0.4 is 10.1 Å². The number of piperidine rings is 2. The fourth-order valence-electron chi connectivity index (χ4n) is 5.38. The third kappa shape index (κ3) is 6.03. The van der Waals surface area contributed by atoms with Crippen molar-refractivity contribution < 1.29 is 19.1 Å². The summed E-state index contributed by atoms with van der Waals surface area (Å²) in [6, 6.07) is 11.4. The number of carbonyl (C=O) groups is 3. The number of aromatic nitrogens is 1. The summed E-state index contributed by atoms with van der Waals surface area (Å²) in [5.41, 5.74) is 1.90. The van der Waals surface area contributed by atoms with E-state index in [0.29, 0.717) is 45.2 Å². The van der Waals surface area contributed by atoms with Gasteiger partial charge in [-0.05, 0) is 48.7 Å². The predicted octanol–water partition coefficient (Wildman–Crippen LogP) is 3.34. The average molecular weight is 506 g/mol. The third-order valence-electron chi connectivity index (χ3n) is 7.78. The molecule has 1 N–H and O–H groups in total. The lowest BCUT2D eigenvalue weighted by Gasteiger charge is -2.39. The number of rotatable bonds is 5. The van der Waals surface area contributed by atoms with Gasteiger partial charge in [0.25, 0.3) is 0 Å². The number of hydrogen-bond acceptors (Lipinski definition) is 5. The first kappa shape index (κ1) is 25.0. The molecule has 9 nitrogen and oxygen atoms in total. The highest BCUT2D eigenvalue weighted by molar-refractivity contribution is 5.90. The minimum absolute atomic E-state index is 0.0216. The van der Waals surface area contributed by atoms with Crippen LogP contribution in [-0.4, -0.2) is 82.9 Å². The van der Waals surface area contributed by atoms with Crippen molar-refractivity contribution in [2.75, 3.05) is 44.6 Å². The molecular weight excluding hydrogens is 470 g/mol. The van der Waals surface area contributed by atoms with E-state index in [-0.39, 0.29) is 29.9 Å². The molecule has 2 aromatic rings. The number of anilines is 1. The highest BCUT2D eigenvalue weighted by Crippen LogP contribution is 2.28. The lowest BCUT2D eigenvalue weighted by Crippen LogP contribution is -2.50. The first-order valence-electron chi connectivity index (χ1n) is 13.2. The Morgan fingerprint density at radius 2 is 1.57 bits per heavy atom. The Bertz CT molecular complexity index is 1090. The fourth-order valence-corrected chi connectivity index (χ4v) is 5.38. The monoisotopic (exact) mass is 505 g/mol. The Morgan fingerprint density at radius 3 is 2.19 bits per heavy atom. The maximum Gasteiger partial charge on any atom is 0.321 e. The normalized spacial score (nSPS) is 19.3. The summed E-state index contributed by atoms with van der Waals surface area (Å²) in [7, 11) is 0. The Kier molecular flexibility index (Phi) is 7.58. The van der Waals surface area contributed by atoms with Gasteiger partial charge in [0.2, 0.25) is 11.8 Å². The second-order valence-electron chi connectivity index (χ2n) is 10.3. The van der Waals surface area contributed by atoms with E-state index in [4.69, 9.17) is 4.74 Å². The number of likely N-dealkylation sites (tertiary alicyclic amines) is 3. The molecule has 3 aliphatic heterocycles. The molecule has 3 saturated heterocycles. The zero-order valence-corrected chi connectivity index (χ0v) is 21.3. The van der Waals surface area contributed by atoms with Crippen molar-refractivity contribution in [2.24, 2.45) is 5.92 Å². The molecular formula is C28H35N5O4. The Morgan fingerprint density at radius 1 is 0.892 bits per heavy atom. The van der Waals surface area contributed by atoms with Gasteiger partial charge in [0, 0.05) is 89.0 Å². The van der Waals surface area contributed by atoms with Crippen LogP contribution in [0.25, 0.3) is 0 Å². The van der Waals surface area contributed by atoms with Crippen LogP contribution >= 0.6 is 0 Å². The van der Waals surface area contributed by atoms with E-state index in [9.17, 15) is 14.4 Å². The molecule has 1 aromatic carbocycles. The average Bonchev–Trinajstić information content (AvgIpc) is 2.90. The second-order valence-corrected chi connectivity index (χ2v) is 10.3. The molecule has 4 heterocycles. The maximum atomic E-state index is 12.9. The highest BCUT2D eigenvalue weighted by atomic mass is 16.5. The van der Waals surface area contributed by atoms with Crippen molar-refractivity contribution in [3.05, 3.63) is 54.4 Å². The van der Waals surface area contributed by atoms with Crippen molar-refractivity contribution in [2.45, 2.75) is 44.6 Å². The van der Waals surface area contributed by atoms with Crippen LogP contribution in [0.4, 0.5) is 10.5 Å². The first-order chi connectivity index (χ1) is 18.0. The number of ether oxygens (including phenoxy) is 1. The van der Waals surface area contributed by atoms with Gasteiger partial charge in [0.05, 0.1) is 0 Å². The van der Waals surface area contributed by atoms with Crippen LogP contribution in [0.3, 0.4) is 0 Å². The van der Waals surface area contributed by atoms with E-state index in [2.05, 4.69) is 10.3 Å². The van der Waals surface area contributed by atoms with Gasteiger partial charge >= 0.3 is 6.03 Å². The van der Waals surface area contributed by atoms with Gasteiger partial charge in [0.15, 0.2) is 0 Å². The molecule has 1 aromatic heterocycles. The Labute approximate surface area is 217 Å². The number of hydrogen-bond donors (Lipinski definition) is 1. The topological polar surface area (TPSA) is 95.1 Å². The van der Waals surface area contributed by atoms with Crippen LogP contribution in [-0.2, 0) is 9.59 Å². The molecule has 0 radical (unpaired) electrons. The Balaban J connectivity index is 1.02. The fraction of sp³-hybridized carbons (Fsp3) is 0.500. The molecule has 0 saturated carbocycles. The summed E-state index contributed by atoms with van der Waals surface area (Å²) in [6.45, 7) is 5.71. The molecule has 9 heteroatoms. The van der Waals surface area contributed by atoms with E-state index >= 15 is 0 Å². The smallest absolute Gasteiger partial charge is 0.321 e. The Hall–Kier alpha value is -3.62. The van der Waals surface area contributed by atoms with Crippen LogP contribution in [0.15, 0.2) is 48.8 Å². The number of pyridine rings is 1. The van der Waals surface area contributed by atoms with Gasteiger partial charge in [-0.2, -0.15) is 0 Å². The second kappa shape index (κ2) is 11.2. The number of nitrogens with zero attached hydrogens (tertiary/aromatic N) is 4. The first-order valence-corrected chi connectivity index (χ1v) is 13.2. The maximum absolute atomic E-state index is 12.9. The third-order valence-corrected chi connectivity index (χ3v) is 7.78. The summed E-state index contributed by atoms with van der Waals surface area (Å²) in [5.74, 6) is 1.44. The number of carbonyl (C=O) groups excluding carboxylic acids is 3. The number of amides is 4. The summed E-state index contributed by atoms with van der Waals surface area (Å²) >= 11 is 0. The summed E-state index contributed by atoms with van der Waals surface area (Å²) in [6.07, 6.45) is 6.78. The zero-order valence-electron chi connectivity index (χ0n) is 21.3. The van der Waals surface area contributed by atoms with Crippen LogP contribution in [0.5, 0.6) is 5.75 Å². The number of benzene rings is 1. The van der Waals surface area contributed by atoms with Gasteiger partial charge in [-0.15, -0.1) is 0 Å². The standard InChI is InChI=1S/C28H35N5O4/c1-20(34)31-13-8-21(9-14-31)27(35)32-15-10-26(11-16-32)37-25-6-4-24(5-7-25)30-28(36)33-18-23(19-33)22-3-2-12-29-17-22/h2-7,12,17,21,23,26H,8-11,13-16,18-19H2,1H3,(H,30,36). The molecule has 4 amide bonds. The molecule has 3 fully saturated rings. The molecule has 37 heavy (non-hydrogen) atoms. The van der Waals surface area contributed by atoms with Crippen molar-refractivity contribution >= 4 is 23.5 Å². The summed E-state index contributed by atoms with van der Waals surface area (Å²) in [4.78, 5) is 46.7. The van der Waals surface area contributed by atoms with E-state index in [1.807, 2.05) is 52.4 Å². The van der Waals surface area contributed by atoms with E-state index in [1.165, 1.54) is 5.56 Å². The van der Waals surface area contributed by atoms with Crippen LogP contribution in [0.2, 0.25) is 0 Å². The van der Waals surface area contributed by atoms with E-state index < -0.39 is 0 Å². The lowest BCUT2D eigenvalue weighted by molar-refractivity contribution is -0.141. The van der Waals surface area contributed by atoms with Crippen molar-refractivity contribution in [3.63, 3.8) is 0 Å². The van der Waals surface area contributed by atoms with Gasteiger partial charge in [-0.25, -0.2) is 4.79 Å². The number of nitrogens with one attached hydrogen (secondary N) is 1. The summed E-state index contributed by atoms with van der Waals surface area (Å²) in [5, 5.41) is 2.95. The predicted molar refractivity (Wildman–Crippen MR) is 139 cm³/mol. The molecule has 0 unspecified atom stereocenters. The van der Waals surface area contributed by atoms with Gasteiger partial charge in [-0.3, -0.25) is 14.6 Å². The SMILES string of the molecule is CC(=O)N1CCC(C(=O)N2CCC(Oc3ccc(NC(=O)N4CC(c5cccnc5)C4)cc3)CC2)CC1. The minimum atomic E-state index is -0.0992. The van der Waals surface area contributed by atoms with Crippen LogP contribution in [0, 0.1) is 5.92 Å². The summed E-state index contributed by atoms with van der Waals surface area (Å²) < 4.78 is 6.16. The molecule has 0 spiro atoms. The molecule has 0 bridgehead atoms. The van der Waals surface area contributed by atoms with Gasteiger partial charge < -0.3 is 24.8 Å². The van der Waals surface area contributed by atoms with Crippen molar-refractivity contribution in [1.82, 2.24) is 19.7 Å². The molecule has 0 aliphatic carbocycles. The molecule has 5 rings (SSSR count). The van der Waals surface area contributed by atoms with Gasteiger partial charge in [0.1, 0.15) is 11.9 Å². The molecule has 0 atom stereocenters. The quantitative estimate of drug-likeness (QED) is 0.673. The van der Waals surface area contributed by atoms with Crippen molar-refractivity contribution in [1.29, 1.82) is 0 Å². The van der Waals surface area contributed by atoms with Crippen molar-refractivity contribution in [3.8, 4) is 5.75 Å². The van der Waals surface area contributed by atoms with E-state index in [1.54, 1.807) is 18.0 Å². The largest absolute Gasteiger partial charge is 0.490 e. The minimum Gasteiger partial charge on any atom is -0.490 e. The highest BCUT2D eigenvalue weighted by Gasteiger charge is 2.33. The zero-order chi connectivity index (χ0) is 25.8. The van der Waals surface area contributed by atoms with E-state index in [0.717, 1.165) is 37.1 Å². The molecule has 3 aliphatic rings. The lowest BCUT2D eigenvalue weighted by atomic mass is 9.93. The molecule has 196 valence electrons. The van der Waals surface area contributed by atoms with Crippen LogP contribution in [0.1, 0.15) is 44.1 Å². The number of urea groups is 1.